The first-order valence-electron chi connectivity index (χ1n) is 8.56. The van der Waals surface area contributed by atoms with Crippen molar-refractivity contribution in [2.45, 2.75) is 12.5 Å². The van der Waals surface area contributed by atoms with E-state index in [-0.39, 0.29) is 5.92 Å². The van der Waals surface area contributed by atoms with Crippen LogP contribution in [0.25, 0.3) is 0 Å². The molecular weight excluding hydrogens is 290 g/mol. The van der Waals surface area contributed by atoms with Gasteiger partial charge in [0.05, 0.1) is 12.0 Å². The van der Waals surface area contributed by atoms with Gasteiger partial charge in [0, 0.05) is 39.3 Å². The van der Waals surface area contributed by atoms with Crippen LogP contribution in [0.15, 0.2) is 30.3 Å². The second-order valence-electron chi connectivity index (χ2n) is 6.80. The maximum Gasteiger partial charge on any atom is 0.227 e. The van der Waals surface area contributed by atoms with Crippen molar-refractivity contribution >= 4 is 5.91 Å². The van der Waals surface area contributed by atoms with E-state index in [0.717, 1.165) is 51.3 Å². The summed E-state index contributed by atoms with van der Waals surface area (Å²) in [4.78, 5) is 19.0. The van der Waals surface area contributed by atoms with E-state index in [4.69, 9.17) is 0 Å². The molecule has 0 aromatic heterocycles. The number of rotatable bonds is 4. The topological polar surface area (TPSA) is 47.0 Å². The molecular formula is C18H27N3O2. The number of nitrogens with zero attached hydrogens (tertiary/aromatic N) is 3. The highest BCUT2D eigenvalue weighted by Crippen LogP contribution is 2.19. The zero-order valence-electron chi connectivity index (χ0n) is 13.9. The number of hydrogen-bond acceptors (Lipinski definition) is 4. The number of hydrogen-bond donors (Lipinski definition) is 1. The van der Waals surface area contributed by atoms with Gasteiger partial charge in [-0.3, -0.25) is 9.69 Å². The van der Waals surface area contributed by atoms with Gasteiger partial charge in [0.1, 0.15) is 0 Å². The minimum Gasteiger partial charge on any atom is -0.387 e. The van der Waals surface area contributed by atoms with Crippen LogP contribution >= 0.6 is 0 Å². The Morgan fingerprint density at radius 2 is 1.87 bits per heavy atom. The lowest BCUT2D eigenvalue weighted by atomic mass is 10.1. The maximum atomic E-state index is 12.5. The van der Waals surface area contributed by atoms with Gasteiger partial charge in [0.15, 0.2) is 0 Å². The molecule has 1 aromatic carbocycles. The van der Waals surface area contributed by atoms with Crippen LogP contribution < -0.4 is 0 Å². The van der Waals surface area contributed by atoms with Gasteiger partial charge < -0.3 is 14.9 Å². The molecule has 0 spiro atoms. The van der Waals surface area contributed by atoms with Crippen molar-refractivity contribution in [3.05, 3.63) is 35.9 Å². The van der Waals surface area contributed by atoms with Crippen molar-refractivity contribution in [3.8, 4) is 0 Å². The fraction of sp³-hybridized carbons (Fsp3) is 0.611. The summed E-state index contributed by atoms with van der Waals surface area (Å²) in [6.07, 6.45) is 0.532. The highest BCUT2D eigenvalue weighted by molar-refractivity contribution is 5.79. The van der Waals surface area contributed by atoms with Gasteiger partial charge in [0.2, 0.25) is 5.91 Å². The van der Waals surface area contributed by atoms with Crippen molar-refractivity contribution < 1.29 is 9.90 Å². The van der Waals surface area contributed by atoms with Crippen LogP contribution in [0.1, 0.15) is 18.1 Å². The lowest BCUT2D eigenvalue weighted by Crippen LogP contribution is -2.51. The third kappa shape index (κ3) is 4.10. The van der Waals surface area contributed by atoms with E-state index in [1.807, 2.05) is 35.2 Å². The van der Waals surface area contributed by atoms with Crippen LogP contribution in [0.2, 0.25) is 0 Å². The summed E-state index contributed by atoms with van der Waals surface area (Å²) in [5.41, 5.74) is 0.958. The van der Waals surface area contributed by atoms with Gasteiger partial charge >= 0.3 is 0 Å². The summed E-state index contributed by atoms with van der Waals surface area (Å²) in [5, 5.41) is 10.3. The molecule has 3 rings (SSSR count). The van der Waals surface area contributed by atoms with E-state index in [2.05, 4.69) is 16.8 Å². The third-order valence-electron chi connectivity index (χ3n) is 5.04. The molecule has 2 atom stereocenters. The van der Waals surface area contributed by atoms with Gasteiger partial charge in [-0.05, 0) is 25.6 Å². The standard InChI is InChI=1S/C18H27N3O2/c1-19-8-7-16(13-19)18(23)21-11-9-20(10-12-21)14-17(22)15-5-3-2-4-6-15/h2-6,16-17,22H,7-14H2,1H3/t16-,17-/m1/s1. The van der Waals surface area contributed by atoms with Crippen molar-refractivity contribution in [1.82, 2.24) is 14.7 Å². The monoisotopic (exact) mass is 317 g/mol. The number of carbonyl (C=O) groups is 1. The molecule has 23 heavy (non-hydrogen) atoms. The molecule has 0 aliphatic carbocycles. The first kappa shape index (κ1) is 16.4. The minimum absolute atomic E-state index is 0.182. The SMILES string of the molecule is CN1CC[C@@H](C(=O)N2CCN(C[C@@H](O)c3ccccc3)CC2)C1. The molecule has 5 heteroatoms. The van der Waals surface area contributed by atoms with Gasteiger partial charge in [-0.25, -0.2) is 0 Å². The lowest BCUT2D eigenvalue weighted by molar-refractivity contribution is -0.137. The summed E-state index contributed by atoms with van der Waals surface area (Å²) >= 11 is 0. The number of carbonyl (C=O) groups excluding carboxylic acids is 1. The Balaban J connectivity index is 1.46. The van der Waals surface area contributed by atoms with Crippen LogP contribution in [-0.4, -0.2) is 78.6 Å². The van der Waals surface area contributed by atoms with E-state index in [1.54, 1.807) is 0 Å². The summed E-state index contributed by atoms with van der Waals surface area (Å²) in [6, 6.07) is 9.78. The molecule has 2 aliphatic heterocycles. The van der Waals surface area contributed by atoms with E-state index in [9.17, 15) is 9.90 Å². The van der Waals surface area contributed by atoms with Gasteiger partial charge in [-0.2, -0.15) is 0 Å². The molecule has 0 bridgehead atoms. The van der Waals surface area contributed by atoms with Crippen molar-refractivity contribution in [1.29, 1.82) is 0 Å². The van der Waals surface area contributed by atoms with E-state index in [0.29, 0.717) is 12.5 Å². The van der Waals surface area contributed by atoms with E-state index in [1.165, 1.54) is 0 Å². The molecule has 1 amide bonds. The average Bonchev–Trinajstić information content (AvgIpc) is 3.02. The Hall–Kier alpha value is -1.43. The van der Waals surface area contributed by atoms with Gasteiger partial charge in [0.25, 0.3) is 0 Å². The zero-order chi connectivity index (χ0) is 16.2. The maximum absolute atomic E-state index is 12.5. The second-order valence-corrected chi connectivity index (χ2v) is 6.80. The number of likely N-dealkylation sites (tertiary alicyclic amines) is 1. The molecule has 2 heterocycles. The first-order valence-corrected chi connectivity index (χ1v) is 8.56. The Kier molecular flexibility index (Phi) is 5.30. The predicted octanol–water partition coefficient (Wildman–Crippen LogP) is 0.816. The number of amides is 1. The minimum atomic E-state index is -0.457. The molecule has 0 saturated carbocycles. The van der Waals surface area contributed by atoms with Crippen molar-refractivity contribution in [3.63, 3.8) is 0 Å². The molecule has 2 saturated heterocycles. The molecule has 5 nitrogen and oxygen atoms in total. The first-order chi connectivity index (χ1) is 11.1. The Labute approximate surface area is 138 Å². The van der Waals surface area contributed by atoms with Gasteiger partial charge in [-0.15, -0.1) is 0 Å². The summed E-state index contributed by atoms with van der Waals surface area (Å²) in [6.45, 7) is 5.81. The number of aliphatic hydroxyl groups is 1. The fourth-order valence-electron chi connectivity index (χ4n) is 3.57. The molecule has 2 aliphatic rings. The zero-order valence-corrected chi connectivity index (χ0v) is 13.9. The largest absolute Gasteiger partial charge is 0.387 e. The number of aliphatic hydroxyl groups excluding tert-OH is 1. The Morgan fingerprint density at radius 1 is 1.17 bits per heavy atom. The van der Waals surface area contributed by atoms with Crippen molar-refractivity contribution in [2.75, 3.05) is 52.9 Å². The highest BCUT2D eigenvalue weighted by Gasteiger charge is 2.31. The molecule has 2 fully saturated rings. The number of piperazine rings is 1. The summed E-state index contributed by atoms with van der Waals surface area (Å²) in [5.74, 6) is 0.499. The lowest BCUT2D eigenvalue weighted by Gasteiger charge is -2.36. The molecule has 1 aromatic rings. The van der Waals surface area contributed by atoms with Crippen molar-refractivity contribution in [2.24, 2.45) is 5.92 Å². The summed E-state index contributed by atoms with van der Waals surface area (Å²) in [7, 11) is 2.08. The smallest absolute Gasteiger partial charge is 0.227 e. The summed E-state index contributed by atoms with van der Waals surface area (Å²) < 4.78 is 0. The Bertz CT molecular complexity index is 514. The van der Waals surface area contributed by atoms with Crippen LogP contribution in [0.5, 0.6) is 0 Å². The molecule has 1 N–H and O–H groups in total. The third-order valence-corrected chi connectivity index (χ3v) is 5.04. The number of benzene rings is 1. The van der Waals surface area contributed by atoms with Crippen LogP contribution in [0.3, 0.4) is 0 Å². The van der Waals surface area contributed by atoms with Gasteiger partial charge in [-0.1, -0.05) is 30.3 Å². The van der Waals surface area contributed by atoms with E-state index >= 15 is 0 Å². The highest BCUT2D eigenvalue weighted by atomic mass is 16.3. The number of β-amino-alcohol motifs (C(OH)–C–C–N with tert-alkyl or cyclic N) is 1. The van der Waals surface area contributed by atoms with Crippen LogP contribution in [0.4, 0.5) is 0 Å². The second kappa shape index (κ2) is 7.43. The van der Waals surface area contributed by atoms with Crippen LogP contribution in [0, 0.1) is 5.92 Å². The molecule has 126 valence electrons. The molecule has 0 unspecified atom stereocenters. The Morgan fingerprint density at radius 3 is 2.48 bits per heavy atom. The predicted molar refractivity (Wildman–Crippen MR) is 90.0 cm³/mol. The fourth-order valence-corrected chi connectivity index (χ4v) is 3.57. The van der Waals surface area contributed by atoms with E-state index < -0.39 is 6.10 Å². The normalized spacial score (nSPS) is 24.8. The quantitative estimate of drug-likeness (QED) is 0.893. The molecule has 0 radical (unpaired) electrons. The van der Waals surface area contributed by atoms with Crippen LogP contribution in [-0.2, 0) is 4.79 Å². The average molecular weight is 317 g/mol.